The van der Waals surface area contributed by atoms with Crippen LogP contribution >= 0.6 is 0 Å². The molecule has 76 valence electrons. The van der Waals surface area contributed by atoms with Crippen LogP contribution in [0.2, 0.25) is 7.93 Å². The molecule has 1 aliphatic rings. The molecule has 1 heterocycles. The van der Waals surface area contributed by atoms with Gasteiger partial charge in [-0.25, -0.2) is 0 Å². The average molecular weight is 303 g/mol. The van der Waals surface area contributed by atoms with E-state index in [9.17, 15) is 0 Å². The fourth-order valence-corrected chi connectivity index (χ4v) is 10.3. The summed E-state index contributed by atoms with van der Waals surface area (Å²) in [6.45, 7) is 4.98. The molecule has 0 radical (unpaired) electrons. The average Bonchev–Trinajstić information content (AvgIpc) is 2.51. The van der Waals surface area contributed by atoms with Crippen molar-refractivity contribution in [3.05, 3.63) is 35.9 Å². The molecule has 1 saturated heterocycles. The maximum absolute atomic E-state index is 2.49. The second-order valence-corrected chi connectivity index (χ2v) is 12.4. The Bertz CT molecular complexity index is 271. The number of hydrogen-bond acceptors (Lipinski definition) is 0. The maximum atomic E-state index is 2.49. The van der Waals surface area contributed by atoms with Crippen molar-refractivity contribution in [1.82, 2.24) is 0 Å². The molecule has 0 bridgehead atoms. The zero-order valence-corrected chi connectivity index (χ0v) is 11.4. The topological polar surface area (TPSA) is 0 Å². The molecule has 0 unspecified atom stereocenters. The first kappa shape index (κ1) is 10.5. The van der Waals surface area contributed by atoms with E-state index in [2.05, 4.69) is 44.2 Å². The van der Waals surface area contributed by atoms with E-state index >= 15 is 0 Å². The Morgan fingerprint density at radius 1 is 1.07 bits per heavy atom. The molecular weight excluding hydrogens is 284 g/mol. The molecule has 0 aromatic heterocycles. The van der Waals surface area contributed by atoms with Gasteiger partial charge in [-0.2, -0.15) is 0 Å². The SMILES string of the molecule is C[C@@H]1CC[C@@H](C)[Te+]1Cc1ccccc1. The Morgan fingerprint density at radius 3 is 2.21 bits per heavy atom. The molecule has 0 spiro atoms. The van der Waals surface area contributed by atoms with Crippen molar-refractivity contribution in [2.75, 3.05) is 0 Å². The van der Waals surface area contributed by atoms with E-state index in [1.807, 2.05) is 0 Å². The summed E-state index contributed by atoms with van der Waals surface area (Å²) in [6.07, 6.45) is 3.01. The van der Waals surface area contributed by atoms with Crippen molar-refractivity contribution < 1.29 is 0 Å². The second-order valence-electron chi connectivity index (χ2n) is 4.30. The van der Waals surface area contributed by atoms with E-state index in [1.165, 1.54) is 17.3 Å². The van der Waals surface area contributed by atoms with Gasteiger partial charge in [-0.15, -0.1) is 0 Å². The summed E-state index contributed by atoms with van der Waals surface area (Å²) < 4.78 is 3.63. The molecule has 1 heteroatoms. The van der Waals surface area contributed by atoms with Gasteiger partial charge in [-0.1, -0.05) is 0 Å². The summed E-state index contributed by atoms with van der Waals surface area (Å²) in [4.78, 5) is 0. The summed E-state index contributed by atoms with van der Waals surface area (Å²) in [5.74, 6) is 0. The van der Waals surface area contributed by atoms with Crippen LogP contribution in [-0.4, -0.2) is 19.6 Å². The summed E-state index contributed by atoms with van der Waals surface area (Å²) >= 11 is -0.812. The van der Waals surface area contributed by atoms with E-state index in [0.717, 1.165) is 7.93 Å². The Morgan fingerprint density at radius 2 is 1.64 bits per heavy atom. The van der Waals surface area contributed by atoms with E-state index in [4.69, 9.17) is 0 Å². The summed E-state index contributed by atoms with van der Waals surface area (Å²) in [6, 6.07) is 11.1. The molecule has 2 rings (SSSR count). The van der Waals surface area contributed by atoms with Crippen LogP contribution in [-0.2, 0) is 4.47 Å². The quantitative estimate of drug-likeness (QED) is 0.728. The van der Waals surface area contributed by atoms with E-state index in [-0.39, 0.29) is 0 Å². The first-order valence-corrected chi connectivity index (χ1v) is 9.83. The summed E-state index contributed by atoms with van der Waals surface area (Å²) in [7, 11) is 0. The van der Waals surface area contributed by atoms with Gasteiger partial charge in [0.1, 0.15) is 0 Å². The van der Waals surface area contributed by atoms with Crippen LogP contribution in [0.15, 0.2) is 30.3 Å². The van der Waals surface area contributed by atoms with Crippen molar-refractivity contribution >= 4 is 19.6 Å². The molecule has 1 fully saturated rings. The van der Waals surface area contributed by atoms with Gasteiger partial charge in [-0.3, -0.25) is 0 Å². The van der Waals surface area contributed by atoms with Crippen LogP contribution in [0, 0.1) is 0 Å². The Labute approximate surface area is 94.4 Å². The predicted molar refractivity (Wildman–Crippen MR) is 64.0 cm³/mol. The van der Waals surface area contributed by atoms with Crippen molar-refractivity contribution in [3.8, 4) is 0 Å². The molecule has 2 atom stereocenters. The van der Waals surface area contributed by atoms with Crippen molar-refractivity contribution in [1.29, 1.82) is 0 Å². The Hall–Kier alpha value is 0.00961. The zero-order valence-electron chi connectivity index (χ0n) is 9.07. The van der Waals surface area contributed by atoms with Gasteiger partial charge in [0.25, 0.3) is 0 Å². The minimum absolute atomic E-state index is 0.812. The minimum atomic E-state index is -0.812. The summed E-state index contributed by atoms with van der Waals surface area (Å²) in [5, 5.41) is 0. The molecule has 0 nitrogen and oxygen atoms in total. The van der Waals surface area contributed by atoms with Gasteiger partial charge in [0.15, 0.2) is 0 Å². The van der Waals surface area contributed by atoms with E-state index < -0.39 is 19.6 Å². The van der Waals surface area contributed by atoms with Gasteiger partial charge in [0.05, 0.1) is 0 Å². The van der Waals surface area contributed by atoms with Crippen LogP contribution in [0.1, 0.15) is 32.3 Å². The third-order valence-corrected chi connectivity index (χ3v) is 12.3. The van der Waals surface area contributed by atoms with Gasteiger partial charge < -0.3 is 0 Å². The van der Waals surface area contributed by atoms with Crippen LogP contribution in [0.4, 0.5) is 0 Å². The normalized spacial score (nSPS) is 28.1. The second kappa shape index (κ2) is 4.69. The monoisotopic (exact) mass is 305 g/mol. The summed E-state index contributed by atoms with van der Waals surface area (Å²) in [5.41, 5.74) is 1.59. The fourth-order valence-electron chi connectivity index (χ4n) is 2.22. The third-order valence-electron chi connectivity index (χ3n) is 3.19. The number of benzene rings is 1. The molecule has 0 amide bonds. The zero-order chi connectivity index (χ0) is 9.97. The third kappa shape index (κ3) is 2.33. The van der Waals surface area contributed by atoms with Crippen molar-refractivity contribution in [2.45, 2.75) is 39.1 Å². The van der Waals surface area contributed by atoms with Crippen LogP contribution in [0.3, 0.4) is 0 Å². The predicted octanol–water partition coefficient (Wildman–Crippen LogP) is 3.84. The van der Waals surface area contributed by atoms with Gasteiger partial charge in [0.2, 0.25) is 0 Å². The van der Waals surface area contributed by atoms with Crippen molar-refractivity contribution in [3.63, 3.8) is 0 Å². The molecule has 14 heavy (non-hydrogen) atoms. The van der Waals surface area contributed by atoms with Crippen LogP contribution in [0.5, 0.6) is 0 Å². The van der Waals surface area contributed by atoms with Crippen LogP contribution < -0.4 is 0 Å². The number of hydrogen-bond donors (Lipinski definition) is 0. The molecule has 1 aromatic carbocycles. The van der Waals surface area contributed by atoms with Gasteiger partial charge >= 0.3 is 94.5 Å². The standard InChI is InChI=1S/C13H19Te/c1-11-8-9-12(2)14(11)10-13-6-4-3-5-7-13/h3-7,11-12H,8-10H2,1-2H3/q+1/t11-,12-/m1/s1. The van der Waals surface area contributed by atoms with Gasteiger partial charge in [-0.05, 0) is 0 Å². The van der Waals surface area contributed by atoms with Gasteiger partial charge in [0, 0.05) is 0 Å². The molecular formula is C13H19Te+. The molecule has 0 N–H and O–H groups in total. The fraction of sp³-hybridized carbons (Fsp3) is 0.538. The van der Waals surface area contributed by atoms with Crippen molar-refractivity contribution in [2.24, 2.45) is 0 Å². The molecule has 0 saturated carbocycles. The Balaban J connectivity index is 2.04. The first-order chi connectivity index (χ1) is 6.77. The molecule has 0 aliphatic carbocycles. The molecule has 1 aromatic rings. The number of rotatable bonds is 2. The van der Waals surface area contributed by atoms with E-state index in [1.54, 1.807) is 5.56 Å². The van der Waals surface area contributed by atoms with Crippen LogP contribution in [0.25, 0.3) is 0 Å². The van der Waals surface area contributed by atoms with E-state index in [0.29, 0.717) is 0 Å². The Kier molecular flexibility index (Phi) is 3.52. The molecule has 1 aliphatic heterocycles. The first-order valence-electron chi connectivity index (χ1n) is 5.50.